The SMILES string of the molecule is CCCCCC(=O)N[C@@H](C)C(=O)N(C)C[C@H](O)[C@@H](O)[C@H](O)[C@H](O)CO. The maximum absolute atomic E-state index is 12.2. The molecule has 0 fully saturated rings. The normalized spacial score (nSPS) is 17.3. The van der Waals surface area contributed by atoms with Gasteiger partial charge < -0.3 is 35.7 Å². The van der Waals surface area contributed by atoms with Gasteiger partial charge in [-0.05, 0) is 13.3 Å². The summed E-state index contributed by atoms with van der Waals surface area (Å²) in [7, 11) is 1.38. The Morgan fingerprint density at radius 3 is 2.12 bits per heavy atom. The molecule has 0 unspecified atom stereocenters. The van der Waals surface area contributed by atoms with Crippen LogP contribution in [0.2, 0.25) is 0 Å². The number of nitrogens with one attached hydrogen (secondary N) is 1. The monoisotopic (exact) mass is 364 g/mol. The molecule has 0 aromatic carbocycles. The lowest BCUT2D eigenvalue weighted by Crippen LogP contribution is -2.52. The third kappa shape index (κ3) is 8.59. The van der Waals surface area contributed by atoms with Gasteiger partial charge in [0, 0.05) is 20.0 Å². The molecule has 0 aromatic rings. The minimum Gasteiger partial charge on any atom is -0.394 e. The first-order valence-corrected chi connectivity index (χ1v) is 8.53. The highest BCUT2D eigenvalue weighted by atomic mass is 16.4. The first kappa shape index (κ1) is 23.7. The fourth-order valence-corrected chi connectivity index (χ4v) is 2.28. The largest absolute Gasteiger partial charge is 0.394 e. The smallest absolute Gasteiger partial charge is 0.244 e. The van der Waals surface area contributed by atoms with E-state index in [1.165, 1.54) is 14.0 Å². The van der Waals surface area contributed by atoms with Crippen molar-refractivity contribution in [3.05, 3.63) is 0 Å². The standard InChI is InChI=1S/C16H32N2O7/c1-4-5-6-7-13(22)17-10(2)16(25)18(3)8-11(20)14(23)15(24)12(21)9-19/h10-12,14-15,19-21,23-24H,4-9H2,1-3H3,(H,17,22)/t10-,11-,12+,14+,15+/m0/s1. The van der Waals surface area contributed by atoms with E-state index in [4.69, 9.17) is 5.11 Å². The van der Waals surface area contributed by atoms with Crippen molar-refractivity contribution in [1.82, 2.24) is 10.2 Å². The highest BCUT2D eigenvalue weighted by molar-refractivity contribution is 5.87. The fraction of sp³-hybridized carbons (Fsp3) is 0.875. The molecule has 0 aliphatic heterocycles. The second-order valence-corrected chi connectivity index (χ2v) is 6.26. The molecule has 0 radical (unpaired) electrons. The molecule has 9 nitrogen and oxygen atoms in total. The Hall–Kier alpha value is -1.26. The molecule has 9 heteroatoms. The van der Waals surface area contributed by atoms with Crippen molar-refractivity contribution in [2.75, 3.05) is 20.2 Å². The molecular weight excluding hydrogens is 332 g/mol. The number of hydrogen-bond donors (Lipinski definition) is 6. The molecule has 25 heavy (non-hydrogen) atoms. The van der Waals surface area contributed by atoms with Crippen molar-refractivity contribution in [3.8, 4) is 0 Å². The Bertz CT molecular complexity index is 408. The Balaban J connectivity index is 4.45. The summed E-state index contributed by atoms with van der Waals surface area (Å²) in [6, 6.07) is -0.795. The van der Waals surface area contributed by atoms with Crippen LogP contribution in [0, 0.1) is 0 Å². The van der Waals surface area contributed by atoms with Crippen molar-refractivity contribution in [2.24, 2.45) is 0 Å². The molecule has 0 spiro atoms. The Kier molecular flexibility index (Phi) is 11.5. The van der Waals surface area contributed by atoms with Gasteiger partial charge in [-0.25, -0.2) is 0 Å². The molecule has 0 aromatic heterocycles. The van der Waals surface area contributed by atoms with Crippen molar-refractivity contribution in [1.29, 1.82) is 0 Å². The predicted octanol–water partition coefficient (Wildman–Crippen LogP) is -2.03. The number of amides is 2. The maximum Gasteiger partial charge on any atom is 0.244 e. The predicted molar refractivity (Wildman–Crippen MR) is 90.5 cm³/mol. The maximum atomic E-state index is 12.2. The summed E-state index contributed by atoms with van der Waals surface area (Å²) in [6.07, 6.45) is -3.62. The van der Waals surface area contributed by atoms with Crippen molar-refractivity contribution < 1.29 is 35.1 Å². The topological polar surface area (TPSA) is 151 Å². The summed E-state index contributed by atoms with van der Waals surface area (Å²) >= 11 is 0. The molecule has 148 valence electrons. The molecule has 0 saturated carbocycles. The second-order valence-electron chi connectivity index (χ2n) is 6.26. The van der Waals surface area contributed by atoms with Gasteiger partial charge in [0.1, 0.15) is 30.5 Å². The summed E-state index contributed by atoms with van der Waals surface area (Å²) in [5.74, 6) is -0.697. The van der Waals surface area contributed by atoms with Gasteiger partial charge in [-0.3, -0.25) is 9.59 Å². The Morgan fingerprint density at radius 1 is 1.04 bits per heavy atom. The first-order valence-electron chi connectivity index (χ1n) is 8.53. The van der Waals surface area contributed by atoms with Crippen LogP contribution < -0.4 is 5.32 Å². The third-order valence-corrected chi connectivity index (χ3v) is 3.92. The molecule has 0 aliphatic rings. The highest BCUT2D eigenvalue weighted by Gasteiger charge is 2.32. The fourth-order valence-electron chi connectivity index (χ4n) is 2.28. The van der Waals surface area contributed by atoms with Gasteiger partial charge in [0.2, 0.25) is 11.8 Å². The van der Waals surface area contributed by atoms with Crippen molar-refractivity contribution in [2.45, 2.75) is 70.0 Å². The molecule has 0 bridgehead atoms. The Morgan fingerprint density at radius 2 is 1.60 bits per heavy atom. The van der Waals surface area contributed by atoms with E-state index in [1.54, 1.807) is 0 Å². The first-order chi connectivity index (χ1) is 11.6. The summed E-state index contributed by atoms with van der Waals surface area (Å²) in [5, 5.41) is 49.8. The molecule has 0 aliphatic carbocycles. The van der Waals surface area contributed by atoms with Crippen LogP contribution in [0.4, 0.5) is 0 Å². The van der Waals surface area contributed by atoms with Crippen molar-refractivity contribution >= 4 is 11.8 Å². The lowest BCUT2D eigenvalue weighted by molar-refractivity contribution is -0.141. The van der Waals surface area contributed by atoms with Gasteiger partial charge in [-0.1, -0.05) is 19.8 Å². The molecule has 2 amide bonds. The number of aliphatic hydroxyl groups is 5. The number of rotatable bonds is 12. The molecule has 0 saturated heterocycles. The zero-order valence-corrected chi connectivity index (χ0v) is 15.1. The van der Waals surface area contributed by atoms with Crippen LogP contribution in [0.5, 0.6) is 0 Å². The number of carbonyl (C=O) groups excluding carboxylic acids is 2. The second kappa shape index (κ2) is 12.2. The van der Waals surface area contributed by atoms with Crippen LogP contribution >= 0.6 is 0 Å². The van der Waals surface area contributed by atoms with Crippen LogP contribution in [0.15, 0.2) is 0 Å². The van der Waals surface area contributed by atoms with Gasteiger partial charge in [0.05, 0.1) is 6.61 Å². The van der Waals surface area contributed by atoms with E-state index in [-0.39, 0.29) is 12.5 Å². The van der Waals surface area contributed by atoms with Gasteiger partial charge in [-0.15, -0.1) is 0 Å². The minimum absolute atomic E-state index is 0.232. The number of carbonyl (C=O) groups is 2. The molecule has 5 atom stereocenters. The summed E-state index contributed by atoms with van der Waals surface area (Å²) in [4.78, 5) is 25.0. The Labute approximate surface area is 148 Å². The molecular formula is C16H32N2O7. The van der Waals surface area contributed by atoms with Crippen molar-refractivity contribution in [3.63, 3.8) is 0 Å². The lowest BCUT2D eigenvalue weighted by Gasteiger charge is -2.29. The third-order valence-electron chi connectivity index (χ3n) is 3.92. The highest BCUT2D eigenvalue weighted by Crippen LogP contribution is 2.07. The van der Waals surface area contributed by atoms with Crippen LogP contribution in [0.25, 0.3) is 0 Å². The number of likely N-dealkylation sites (N-methyl/N-ethyl adjacent to an activating group) is 1. The number of aliphatic hydroxyl groups excluding tert-OH is 5. The van der Waals surface area contributed by atoms with E-state index in [2.05, 4.69) is 5.32 Å². The van der Waals surface area contributed by atoms with E-state index in [1.807, 2.05) is 6.92 Å². The van der Waals surface area contributed by atoms with Crippen LogP contribution in [0.3, 0.4) is 0 Å². The summed E-state index contributed by atoms with van der Waals surface area (Å²) in [6.45, 7) is 2.45. The van der Waals surface area contributed by atoms with Crippen LogP contribution in [0.1, 0.15) is 39.5 Å². The van der Waals surface area contributed by atoms with Crippen LogP contribution in [-0.2, 0) is 9.59 Å². The van der Waals surface area contributed by atoms with Crippen LogP contribution in [-0.4, -0.2) is 92.9 Å². The average molecular weight is 364 g/mol. The van der Waals surface area contributed by atoms with E-state index in [0.29, 0.717) is 6.42 Å². The van der Waals surface area contributed by atoms with Gasteiger partial charge in [0.25, 0.3) is 0 Å². The number of nitrogens with zero attached hydrogens (tertiary/aromatic N) is 1. The minimum atomic E-state index is -1.75. The number of unbranched alkanes of at least 4 members (excludes halogenated alkanes) is 2. The number of hydrogen-bond acceptors (Lipinski definition) is 7. The summed E-state index contributed by atoms with van der Waals surface area (Å²) < 4.78 is 0. The average Bonchev–Trinajstić information content (AvgIpc) is 2.58. The van der Waals surface area contributed by atoms with Gasteiger partial charge in [-0.2, -0.15) is 0 Å². The molecule has 0 rings (SSSR count). The zero-order valence-electron chi connectivity index (χ0n) is 15.1. The van der Waals surface area contributed by atoms with E-state index in [9.17, 15) is 30.0 Å². The van der Waals surface area contributed by atoms with E-state index >= 15 is 0 Å². The molecule has 6 N–H and O–H groups in total. The van der Waals surface area contributed by atoms with E-state index < -0.39 is 43.0 Å². The van der Waals surface area contributed by atoms with Gasteiger partial charge in [0.15, 0.2) is 0 Å². The summed E-state index contributed by atoms with van der Waals surface area (Å²) in [5.41, 5.74) is 0. The zero-order chi connectivity index (χ0) is 19.6. The van der Waals surface area contributed by atoms with Gasteiger partial charge >= 0.3 is 0 Å². The quantitative estimate of drug-likeness (QED) is 0.218. The lowest BCUT2D eigenvalue weighted by atomic mass is 10.0. The molecule has 0 heterocycles. The van der Waals surface area contributed by atoms with E-state index in [0.717, 1.165) is 24.2 Å².